The molecule has 2 aromatic heterocycles. The van der Waals surface area contributed by atoms with Gasteiger partial charge in [-0.05, 0) is 73.5 Å². The highest BCUT2D eigenvalue weighted by Crippen LogP contribution is 2.41. The van der Waals surface area contributed by atoms with Gasteiger partial charge in [0.25, 0.3) is 0 Å². The Bertz CT molecular complexity index is 1280. The van der Waals surface area contributed by atoms with Crippen molar-refractivity contribution in [2.75, 3.05) is 26.2 Å². The molecule has 0 saturated carbocycles. The minimum atomic E-state index is -0.236. The van der Waals surface area contributed by atoms with Gasteiger partial charge in [0.15, 0.2) is 18.6 Å². The van der Waals surface area contributed by atoms with Gasteiger partial charge in [-0.2, -0.15) is 9.46 Å². The quantitative estimate of drug-likeness (QED) is 0.330. The van der Waals surface area contributed by atoms with E-state index < -0.39 is 0 Å². The SMILES string of the molecule is O=C(Cc1cc[n+]([O-])cc1)N1CCN(C2c3ccc(Cl)c(Br)c3CCc3cc(Br)c[n+]([O-])c32)CC1. The molecule has 1 unspecified atom stereocenters. The fourth-order valence-electron chi connectivity index (χ4n) is 5.07. The van der Waals surface area contributed by atoms with Crippen molar-refractivity contribution in [3.05, 3.63) is 101 Å². The molecule has 1 amide bonds. The second kappa shape index (κ2) is 10.0. The molecule has 3 aromatic rings. The van der Waals surface area contributed by atoms with Crippen molar-refractivity contribution < 1.29 is 14.3 Å². The van der Waals surface area contributed by atoms with Crippen LogP contribution in [0.2, 0.25) is 5.02 Å². The van der Waals surface area contributed by atoms with Crippen LogP contribution in [0.3, 0.4) is 0 Å². The first-order valence-electron chi connectivity index (χ1n) is 11.4. The topological polar surface area (TPSA) is 77.4 Å². The van der Waals surface area contributed by atoms with Gasteiger partial charge in [-0.15, -0.1) is 0 Å². The lowest BCUT2D eigenvalue weighted by atomic mass is 9.96. The molecule has 0 N–H and O–H groups in total. The summed E-state index contributed by atoms with van der Waals surface area (Å²) in [5, 5.41) is 25.1. The molecule has 1 saturated heterocycles. The monoisotopic (exact) mass is 620 g/mol. The van der Waals surface area contributed by atoms with Gasteiger partial charge >= 0.3 is 0 Å². The van der Waals surface area contributed by atoms with Gasteiger partial charge in [0.05, 0.1) is 15.9 Å². The molecule has 1 aliphatic carbocycles. The number of hydrogen-bond donors (Lipinski definition) is 0. The summed E-state index contributed by atoms with van der Waals surface area (Å²) in [5.74, 6) is 0.0345. The van der Waals surface area contributed by atoms with Crippen LogP contribution in [0, 0.1) is 10.4 Å². The van der Waals surface area contributed by atoms with Gasteiger partial charge < -0.3 is 15.3 Å². The van der Waals surface area contributed by atoms with Crippen LogP contribution in [0.25, 0.3) is 0 Å². The third-order valence-corrected chi connectivity index (χ3v) is 8.69. The largest absolute Gasteiger partial charge is 0.619 e. The average molecular weight is 623 g/mol. The number of fused-ring (bicyclic) bond motifs is 2. The van der Waals surface area contributed by atoms with E-state index in [2.05, 4.69) is 36.8 Å². The lowest BCUT2D eigenvalue weighted by Crippen LogP contribution is -2.52. The second-order valence-electron chi connectivity index (χ2n) is 8.89. The standard InChI is InChI=1S/C25H23Br2ClN4O3/c26-18-14-17-1-2-19-20(3-4-21(28)23(19)27)25(24(17)32(35)15-18)30-11-9-29(10-12-30)22(33)13-16-5-7-31(34)8-6-16/h3-8,14-15,25H,1-2,9-13H2. The number of carbonyl (C=O) groups is 1. The molecule has 1 fully saturated rings. The normalized spacial score (nSPS) is 18.0. The van der Waals surface area contributed by atoms with Crippen LogP contribution >= 0.6 is 43.5 Å². The molecule has 0 spiro atoms. The van der Waals surface area contributed by atoms with E-state index in [9.17, 15) is 15.2 Å². The Morgan fingerprint density at radius 3 is 2.49 bits per heavy atom. The predicted octanol–water partition coefficient (Wildman–Crippen LogP) is 3.71. The van der Waals surface area contributed by atoms with Crippen molar-refractivity contribution in [3.63, 3.8) is 0 Å². The summed E-state index contributed by atoms with van der Waals surface area (Å²) >= 11 is 13.6. The zero-order valence-electron chi connectivity index (χ0n) is 18.8. The molecule has 35 heavy (non-hydrogen) atoms. The Kier molecular flexibility index (Phi) is 7.03. The maximum Gasteiger partial charge on any atom is 0.227 e. The third kappa shape index (κ3) is 4.91. The van der Waals surface area contributed by atoms with Crippen molar-refractivity contribution in [3.8, 4) is 0 Å². The fraction of sp³-hybridized carbons (Fsp3) is 0.320. The third-order valence-electron chi connectivity index (χ3n) is 6.81. The first kappa shape index (κ1) is 24.5. The number of rotatable bonds is 3. The van der Waals surface area contributed by atoms with Crippen LogP contribution in [0.1, 0.15) is 34.0 Å². The van der Waals surface area contributed by atoms with E-state index in [0.717, 1.165) is 54.5 Å². The second-order valence-corrected chi connectivity index (χ2v) is 11.0. The van der Waals surface area contributed by atoms with E-state index in [1.165, 1.54) is 12.4 Å². The van der Waals surface area contributed by atoms with Gasteiger partial charge in [-0.1, -0.05) is 17.7 Å². The van der Waals surface area contributed by atoms with Gasteiger partial charge in [0, 0.05) is 48.3 Å². The summed E-state index contributed by atoms with van der Waals surface area (Å²) in [7, 11) is 0. The number of pyridine rings is 2. The van der Waals surface area contributed by atoms with E-state index in [4.69, 9.17) is 11.6 Å². The molecule has 10 heteroatoms. The highest BCUT2D eigenvalue weighted by molar-refractivity contribution is 9.10. The summed E-state index contributed by atoms with van der Waals surface area (Å²) in [6.45, 7) is 2.42. The zero-order valence-corrected chi connectivity index (χ0v) is 22.7. The van der Waals surface area contributed by atoms with Gasteiger partial charge in [0.2, 0.25) is 11.6 Å². The molecular formula is C25H23Br2ClN4O3. The van der Waals surface area contributed by atoms with Gasteiger partial charge in [-0.25, -0.2) is 0 Å². The van der Waals surface area contributed by atoms with E-state index in [1.807, 2.05) is 23.1 Å². The molecule has 2 aliphatic rings. The van der Waals surface area contributed by atoms with Crippen molar-refractivity contribution >= 4 is 49.4 Å². The van der Waals surface area contributed by atoms with Crippen LogP contribution in [0.15, 0.2) is 57.9 Å². The van der Waals surface area contributed by atoms with E-state index in [0.29, 0.717) is 35.9 Å². The Morgan fingerprint density at radius 2 is 1.77 bits per heavy atom. The van der Waals surface area contributed by atoms with Crippen LogP contribution in [-0.4, -0.2) is 41.9 Å². The molecule has 3 heterocycles. The van der Waals surface area contributed by atoms with Crippen LogP contribution in [0.5, 0.6) is 0 Å². The van der Waals surface area contributed by atoms with Gasteiger partial charge in [0.1, 0.15) is 6.04 Å². The number of benzene rings is 1. The Balaban J connectivity index is 1.42. The van der Waals surface area contributed by atoms with E-state index in [1.54, 1.807) is 18.3 Å². The number of aromatic nitrogens is 2. The number of amides is 1. The summed E-state index contributed by atoms with van der Waals surface area (Å²) < 4.78 is 3.33. The minimum Gasteiger partial charge on any atom is -0.619 e. The first-order valence-corrected chi connectivity index (χ1v) is 13.4. The summed E-state index contributed by atoms with van der Waals surface area (Å²) in [6, 6.07) is 9.05. The number of aryl methyl sites for hydroxylation is 1. The van der Waals surface area contributed by atoms with E-state index >= 15 is 0 Å². The molecule has 5 rings (SSSR count). The Labute approximate surface area is 225 Å². The van der Waals surface area contributed by atoms with Crippen molar-refractivity contribution in [1.29, 1.82) is 0 Å². The lowest BCUT2D eigenvalue weighted by molar-refractivity contribution is -0.617. The maximum absolute atomic E-state index is 13.2. The number of carbonyl (C=O) groups excluding carboxylic acids is 1. The number of nitrogens with zero attached hydrogens (tertiary/aromatic N) is 4. The van der Waals surface area contributed by atoms with Crippen LogP contribution in [-0.2, 0) is 24.1 Å². The number of halogens is 3. The van der Waals surface area contributed by atoms with Crippen LogP contribution < -0.4 is 9.46 Å². The predicted molar refractivity (Wildman–Crippen MR) is 139 cm³/mol. The fourth-order valence-corrected chi connectivity index (χ4v) is 6.27. The van der Waals surface area contributed by atoms with Crippen molar-refractivity contribution in [2.45, 2.75) is 25.3 Å². The molecule has 1 atom stereocenters. The zero-order chi connectivity index (χ0) is 24.7. The number of hydrogen-bond acceptors (Lipinski definition) is 4. The Hall–Kier alpha value is -2.20. The molecule has 1 aliphatic heterocycles. The highest BCUT2D eigenvalue weighted by atomic mass is 79.9. The highest BCUT2D eigenvalue weighted by Gasteiger charge is 2.38. The molecular weight excluding hydrogens is 600 g/mol. The van der Waals surface area contributed by atoms with Crippen molar-refractivity contribution in [1.82, 2.24) is 9.80 Å². The average Bonchev–Trinajstić information content (AvgIpc) is 3.00. The molecule has 7 nitrogen and oxygen atoms in total. The smallest absolute Gasteiger partial charge is 0.227 e. The minimum absolute atomic E-state index is 0.0345. The molecule has 182 valence electrons. The summed E-state index contributed by atoms with van der Waals surface area (Å²) in [4.78, 5) is 17.1. The maximum atomic E-state index is 13.2. The summed E-state index contributed by atoms with van der Waals surface area (Å²) in [6.07, 6.45) is 6.14. The first-order chi connectivity index (χ1) is 16.8. The number of piperazine rings is 1. The summed E-state index contributed by atoms with van der Waals surface area (Å²) in [5.41, 5.74) is 4.75. The van der Waals surface area contributed by atoms with Crippen molar-refractivity contribution in [2.24, 2.45) is 0 Å². The van der Waals surface area contributed by atoms with Crippen LogP contribution in [0.4, 0.5) is 0 Å². The van der Waals surface area contributed by atoms with E-state index in [-0.39, 0.29) is 18.4 Å². The Morgan fingerprint density at radius 1 is 1.06 bits per heavy atom. The molecule has 0 bridgehead atoms. The lowest BCUT2D eigenvalue weighted by Gasteiger charge is -2.39. The van der Waals surface area contributed by atoms with Gasteiger partial charge in [-0.3, -0.25) is 9.69 Å². The molecule has 0 radical (unpaired) electrons. The molecule has 1 aromatic carbocycles.